The predicted molar refractivity (Wildman–Crippen MR) is 46.2 cm³/mol. The Morgan fingerprint density at radius 2 is 2.11 bits per heavy atom. The lowest BCUT2D eigenvalue weighted by Crippen LogP contribution is -2.30. The lowest BCUT2D eigenvalue weighted by Gasteiger charge is -2.25. The van der Waals surface area contributed by atoms with Crippen molar-refractivity contribution in [1.82, 2.24) is 5.32 Å². The maximum atomic E-state index is 4.28. The topological polar surface area (TPSA) is 12.0 Å². The second kappa shape index (κ2) is 4.18. The Morgan fingerprint density at radius 3 is 2.22 bits per heavy atom. The lowest BCUT2D eigenvalue weighted by atomic mass is 9.90. The van der Waals surface area contributed by atoms with E-state index in [0.29, 0.717) is 5.41 Å². The van der Waals surface area contributed by atoms with Crippen LogP contribution in [0.2, 0.25) is 0 Å². The summed E-state index contributed by atoms with van der Waals surface area (Å²) in [5.74, 6) is 0.963. The summed E-state index contributed by atoms with van der Waals surface area (Å²) in [5, 5.41) is 3.16. The van der Waals surface area contributed by atoms with E-state index in [2.05, 4.69) is 31.8 Å². The minimum atomic E-state index is 0.387. The molecule has 1 atom stereocenters. The molecule has 2 heteroatoms. The minimum absolute atomic E-state index is 0.387. The Balaban J connectivity index is 3.62. The van der Waals surface area contributed by atoms with Crippen LogP contribution in [-0.2, 0) is 0 Å². The van der Waals surface area contributed by atoms with Crippen molar-refractivity contribution < 1.29 is 0 Å². The Hall–Kier alpha value is 0.310. The minimum Gasteiger partial charge on any atom is -0.319 e. The van der Waals surface area contributed by atoms with Gasteiger partial charge in [0.2, 0.25) is 0 Å². The standard InChI is InChI=1S/C7H17NS/c1-4-7(2,6-9)5-8-3/h8-9H,4-6H2,1-3H3. The van der Waals surface area contributed by atoms with E-state index in [4.69, 9.17) is 0 Å². The molecule has 9 heavy (non-hydrogen) atoms. The van der Waals surface area contributed by atoms with Crippen LogP contribution in [0.1, 0.15) is 20.3 Å². The molecule has 0 aliphatic rings. The van der Waals surface area contributed by atoms with Gasteiger partial charge in [-0.15, -0.1) is 0 Å². The van der Waals surface area contributed by atoms with Crippen LogP contribution >= 0.6 is 12.6 Å². The summed E-state index contributed by atoms with van der Waals surface area (Å²) in [6.07, 6.45) is 1.19. The normalized spacial score (nSPS) is 17.3. The molecule has 0 bridgehead atoms. The highest BCUT2D eigenvalue weighted by molar-refractivity contribution is 7.80. The Morgan fingerprint density at radius 1 is 1.56 bits per heavy atom. The van der Waals surface area contributed by atoms with E-state index in [0.717, 1.165) is 12.3 Å². The fourth-order valence-corrected chi connectivity index (χ4v) is 1.05. The van der Waals surface area contributed by atoms with Crippen LogP contribution in [0.25, 0.3) is 0 Å². The first kappa shape index (κ1) is 9.31. The molecule has 0 aliphatic heterocycles. The third-order valence-corrected chi connectivity index (χ3v) is 2.60. The Kier molecular flexibility index (Phi) is 4.32. The molecule has 0 saturated heterocycles. The zero-order valence-corrected chi connectivity index (χ0v) is 7.46. The van der Waals surface area contributed by atoms with Crippen LogP contribution in [0.5, 0.6) is 0 Å². The summed E-state index contributed by atoms with van der Waals surface area (Å²) in [7, 11) is 1.98. The average Bonchev–Trinajstić information content (AvgIpc) is 1.89. The van der Waals surface area contributed by atoms with Gasteiger partial charge in [-0.05, 0) is 24.6 Å². The van der Waals surface area contributed by atoms with E-state index in [-0.39, 0.29) is 0 Å². The zero-order chi connectivity index (χ0) is 7.33. The van der Waals surface area contributed by atoms with E-state index in [1.807, 2.05) is 7.05 Å². The van der Waals surface area contributed by atoms with E-state index >= 15 is 0 Å². The van der Waals surface area contributed by atoms with Crippen molar-refractivity contribution in [3.63, 3.8) is 0 Å². The first-order chi connectivity index (χ1) is 4.18. The Bertz CT molecular complexity index is 69.3. The van der Waals surface area contributed by atoms with E-state index in [1.165, 1.54) is 6.42 Å². The molecule has 0 aliphatic carbocycles. The van der Waals surface area contributed by atoms with Crippen molar-refractivity contribution in [2.45, 2.75) is 20.3 Å². The fourth-order valence-electron chi connectivity index (χ4n) is 0.719. The van der Waals surface area contributed by atoms with Crippen LogP contribution in [0.3, 0.4) is 0 Å². The number of rotatable bonds is 4. The fraction of sp³-hybridized carbons (Fsp3) is 1.00. The molecular weight excluding hydrogens is 130 g/mol. The molecule has 0 aromatic carbocycles. The van der Waals surface area contributed by atoms with Crippen LogP contribution in [0, 0.1) is 5.41 Å². The SMILES string of the molecule is CCC(C)(CS)CNC. The molecule has 0 radical (unpaired) electrons. The molecule has 1 N–H and O–H groups in total. The van der Waals surface area contributed by atoms with Crippen molar-refractivity contribution >= 4 is 12.6 Å². The average molecular weight is 147 g/mol. The van der Waals surface area contributed by atoms with Crippen LogP contribution in [0.15, 0.2) is 0 Å². The molecule has 0 amide bonds. The van der Waals surface area contributed by atoms with Crippen molar-refractivity contribution in [2.75, 3.05) is 19.3 Å². The first-order valence-electron chi connectivity index (χ1n) is 3.44. The highest BCUT2D eigenvalue weighted by Crippen LogP contribution is 2.20. The number of hydrogen-bond donors (Lipinski definition) is 2. The van der Waals surface area contributed by atoms with Crippen LogP contribution < -0.4 is 5.32 Å². The van der Waals surface area contributed by atoms with Gasteiger partial charge in [0.25, 0.3) is 0 Å². The van der Waals surface area contributed by atoms with Gasteiger partial charge < -0.3 is 5.32 Å². The highest BCUT2D eigenvalue weighted by Gasteiger charge is 2.17. The van der Waals surface area contributed by atoms with Gasteiger partial charge in [-0.2, -0.15) is 12.6 Å². The third kappa shape index (κ3) is 3.11. The second-order valence-corrected chi connectivity index (χ2v) is 3.17. The molecule has 0 aromatic heterocycles. The smallest absolute Gasteiger partial charge is 0.000987 e. The largest absolute Gasteiger partial charge is 0.319 e. The summed E-state index contributed by atoms with van der Waals surface area (Å²) < 4.78 is 0. The van der Waals surface area contributed by atoms with Gasteiger partial charge in [-0.3, -0.25) is 0 Å². The van der Waals surface area contributed by atoms with Crippen LogP contribution in [-0.4, -0.2) is 19.3 Å². The maximum absolute atomic E-state index is 4.28. The molecule has 0 saturated carbocycles. The molecule has 0 aromatic rings. The monoisotopic (exact) mass is 147 g/mol. The molecule has 0 spiro atoms. The maximum Gasteiger partial charge on any atom is 0.000987 e. The van der Waals surface area contributed by atoms with E-state index in [1.54, 1.807) is 0 Å². The lowest BCUT2D eigenvalue weighted by molar-refractivity contribution is 0.349. The molecule has 1 nitrogen and oxygen atoms in total. The van der Waals surface area contributed by atoms with Gasteiger partial charge in [0, 0.05) is 6.54 Å². The van der Waals surface area contributed by atoms with Crippen molar-refractivity contribution in [3.05, 3.63) is 0 Å². The molecular formula is C7H17NS. The van der Waals surface area contributed by atoms with Gasteiger partial charge in [0.15, 0.2) is 0 Å². The molecule has 56 valence electrons. The zero-order valence-electron chi connectivity index (χ0n) is 6.57. The molecule has 0 rings (SSSR count). The summed E-state index contributed by atoms with van der Waals surface area (Å²) in [6, 6.07) is 0. The van der Waals surface area contributed by atoms with E-state index < -0.39 is 0 Å². The summed E-state index contributed by atoms with van der Waals surface area (Å²) in [6.45, 7) is 5.51. The number of nitrogens with one attached hydrogen (secondary N) is 1. The quantitative estimate of drug-likeness (QED) is 0.575. The van der Waals surface area contributed by atoms with Crippen molar-refractivity contribution in [2.24, 2.45) is 5.41 Å². The van der Waals surface area contributed by atoms with Crippen molar-refractivity contribution in [3.8, 4) is 0 Å². The number of thiol groups is 1. The van der Waals surface area contributed by atoms with E-state index in [9.17, 15) is 0 Å². The van der Waals surface area contributed by atoms with Gasteiger partial charge in [-0.1, -0.05) is 13.8 Å². The van der Waals surface area contributed by atoms with Crippen molar-refractivity contribution in [1.29, 1.82) is 0 Å². The first-order valence-corrected chi connectivity index (χ1v) is 4.07. The Labute approximate surface area is 63.6 Å². The second-order valence-electron chi connectivity index (χ2n) is 2.85. The van der Waals surface area contributed by atoms with Gasteiger partial charge in [-0.25, -0.2) is 0 Å². The van der Waals surface area contributed by atoms with Gasteiger partial charge in [0.1, 0.15) is 0 Å². The summed E-state index contributed by atoms with van der Waals surface area (Å²) in [5.41, 5.74) is 0.387. The summed E-state index contributed by atoms with van der Waals surface area (Å²) in [4.78, 5) is 0. The predicted octanol–water partition coefficient (Wildman–Crippen LogP) is 1.55. The van der Waals surface area contributed by atoms with Crippen LogP contribution in [0.4, 0.5) is 0 Å². The summed E-state index contributed by atoms with van der Waals surface area (Å²) >= 11 is 4.28. The number of hydrogen-bond acceptors (Lipinski definition) is 2. The van der Waals surface area contributed by atoms with Gasteiger partial charge in [0.05, 0.1) is 0 Å². The third-order valence-electron chi connectivity index (χ3n) is 1.84. The highest BCUT2D eigenvalue weighted by atomic mass is 32.1. The van der Waals surface area contributed by atoms with Gasteiger partial charge >= 0.3 is 0 Å². The molecule has 0 heterocycles. The molecule has 1 unspecified atom stereocenters. The molecule has 0 fully saturated rings.